The number of methoxy groups -OCH3 is 2. The van der Waals surface area contributed by atoms with E-state index >= 15 is 0 Å². The largest absolute Gasteiger partial charge is 0.493 e. The number of benzene rings is 2. The van der Waals surface area contributed by atoms with Crippen molar-refractivity contribution in [1.82, 2.24) is 4.90 Å². The molecule has 2 aliphatic heterocycles. The zero-order valence-corrected chi connectivity index (χ0v) is 16.5. The van der Waals surface area contributed by atoms with Crippen LogP contribution >= 0.6 is 11.6 Å². The average molecular weight is 401 g/mol. The Morgan fingerprint density at radius 2 is 1.71 bits per heavy atom. The van der Waals surface area contributed by atoms with E-state index in [2.05, 4.69) is 4.90 Å². The molecule has 0 saturated carbocycles. The van der Waals surface area contributed by atoms with E-state index in [1.54, 1.807) is 38.5 Å². The van der Waals surface area contributed by atoms with E-state index in [0.717, 1.165) is 12.0 Å². The highest BCUT2D eigenvalue weighted by Crippen LogP contribution is 2.36. The number of fused-ring (bicyclic) bond motifs is 1. The molecule has 1 atom stereocenters. The number of rotatable bonds is 4. The molecule has 2 amide bonds. The zero-order chi connectivity index (χ0) is 19.8. The van der Waals surface area contributed by atoms with Crippen molar-refractivity contribution >= 4 is 29.1 Å². The van der Waals surface area contributed by atoms with Crippen molar-refractivity contribution in [3.8, 4) is 11.5 Å². The fourth-order valence-corrected chi connectivity index (χ4v) is 4.18. The van der Waals surface area contributed by atoms with Crippen LogP contribution in [0.15, 0.2) is 36.4 Å². The minimum absolute atomic E-state index is 0.159. The lowest BCUT2D eigenvalue weighted by Gasteiger charge is -2.32. The van der Waals surface area contributed by atoms with Gasteiger partial charge >= 0.3 is 0 Å². The van der Waals surface area contributed by atoms with E-state index in [1.165, 1.54) is 10.5 Å². The maximum absolute atomic E-state index is 13.1. The maximum Gasteiger partial charge on any atom is 0.251 e. The van der Waals surface area contributed by atoms with Crippen LogP contribution < -0.4 is 14.4 Å². The van der Waals surface area contributed by atoms with Crippen molar-refractivity contribution in [3.05, 3.63) is 52.5 Å². The van der Waals surface area contributed by atoms with Crippen LogP contribution in [-0.2, 0) is 22.6 Å². The molecule has 0 radical (unpaired) electrons. The summed E-state index contributed by atoms with van der Waals surface area (Å²) >= 11 is 6.21. The van der Waals surface area contributed by atoms with Gasteiger partial charge in [0.25, 0.3) is 5.91 Å². The topological polar surface area (TPSA) is 59.1 Å². The smallest absolute Gasteiger partial charge is 0.251 e. The van der Waals surface area contributed by atoms with Gasteiger partial charge in [0.1, 0.15) is 0 Å². The number of hydrogen-bond donors (Lipinski definition) is 0. The molecule has 2 aromatic carbocycles. The predicted molar refractivity (Wildman–Crippen MR) is 106 cm³/mol. The molecule has 2 aromatic rings. The number of carbonyl (C=O) groups excluding carboxylic acids is 2. The second kappa shape index (κ2) is 7.45. The lowest BCUT2D eigenvalue weighted by molar-refractivity contribution is -0.123. The maximum atomic E-state index is 13.1. The minimum atomic E-state index is -0.481. The zero-order valence-electron chi connectivity index (χ0n) is 15.8. The molecule has 1 saturated heterocycles. The van der Waals surface area contributed by atoms with Crippen molar-refractivity contribution in [2.24, 2.45) is 0 Å². The van der Waals surface area contributed by atoms with E-state index in [9.17, 15) is 9.59 Å². The van der Waals surface area contributed by atoms with Crippen LogP contribution in [0, 0.1) is 0 Å². The highest BCUT2D eigenvalue weighted by molar-refractivity contribution is 6.36. The van der Waals surface area contributed by atoms with Gasteiger partial charge in [0.15, 0.2) is 11.5 Å². The molecule has 1 fully saturated rings. The van der Waals surface area contributed by atoms with Gasteiger partial charge in [0, 0.05) is 13.1 Å². The van der Waals surface area contributed by atoms with Gasteiger partial charge in [-0.25, -0.2) is 4.90 Å². The Hall–Kier alpha value is -2.57. The monoisotopic (exact) mass is 400 g/mol. The van der Waals surface area contributed by atoms with Gasteiger partial charge in [-0.15, -0.1) is 0 Å². The molecule has 0 aliphatic carbocycles. The third kappa shape index (κ3) is 3.12. The van der Waals surface area contributed by atoms with Crippen molar-refractivity contribution in [2.45, 2.75) is 25.4 Å². The number of amides is 2. The van der Waals surface area contributed by atoms with Gasteiger partial charge in [-0.05, 0) is 41.8 Å². The molecule has 6 nitrogen and oxygen atoms in total. The Balaban J connectivity index is 1.59. The fraction of sp³-hybridized carbons (Fsp3) is 0.333. The summed E-state index contributed by atoms with van der Waals surface area (Å²) in [6.07, 6.45) is 0.937. The van der Waals surface area contributed by atoms with E-state index in [4.69, 9.17) is 21.1 Å². The summed E-state index contributed by atoms with van der Waals surface area (Å²) in [6, 6.07) is 10.4. The van der Waals surface area contributed by atoms with Gasteiger partial charge in [-0.1, -0.05) is 23.7 Å². The molecule has 0 bridgehead atoms. The van der Waals surface area contributed by atoms with E-state index in [-0.39, 0.29) is 18.2 Å². The quantitative estimate of drug-likeness (QED) is 0.738. The van der Waals surface area contributed by atoms with Crippen LogP contribution in [0.1, 0.15) is 17.5 Å². The first kappa shape index (κ1) is 18.8. The molecular weight excluding hydrogens is 380 g/mol. The second-order valence-corrected chi connectivity index (χ2v) is 7.34. The predicted octanol–water partition coefficient (Wildman–Crippen LogP) is 3.05. The lowest BCUT2D eigenvalue weighted by atomic mass is 9.97. The summed E-state index contributed by atoms with van der Waals surface area (Å²) < 4.78 is 10.8. The summed E-state index contributed by atoms with van der Waals surface area (Å²) in [5, 5.41) is 0.394. The number of para-hydroxylation sites is 1. The Morgan fingerprint density at radius 1 is 1.04 bits per heavy atom. The normalized spacial score (nSPS) is 19.7. The van der Waals surface area contributed by atoms with Crippen molar-refractivity contribution in [1.29, 1.82) is 0 Å². The highest BCUT2D eigenvalue weighted by atomic mass is 35.5. The Kier molecular flexibility index (Phi) is 5.00. The Labute approximate surface area is 168 Å². The number of imide groups is 1. The summed E-state index contributed by atoms with van der Waals surface area (Å²) in [5.74, 6) is 0.921. The van der Waals surface area contributed by atoms with Crippen LogP contribution in [0.4, 0.5) is 5.69 Å². The number of nitrogens with zero attached hydrogens (tertiary/aromatic N) is 2. The molecule has 146 valence electrons. The number of ether oxygens (including phenoxy) is 2. The van der Waals surface area contributed by atoms with Crippen LogP contribution in [0.5, 0.6) is 11.5 Å². The standard InChI is InChI=1S/C21H21ClN2O4/c1-27-18-9-13-7-8-23(12-14(13)10-19(18)28-2)17-11-20(25)24(21(17)26)16-6-4-3-5-15(16)22/h3-6,9-10,17H,7-8,11-12H2,1-2H3. The van der Waals surface area contributed by atoms with E-state index < -0.39 is 6.04 Å². The van der Waals surface area contributed by atoms with Gasteiger partial charge in [0.2, 0.25) is 5.91 Å². The number of carbonyl (C=O) groups is 2. The molecule has 28 heavy (non-hydrogen) atoms. The molecule has 0 N–H and O–H groups in total. The van der Waals surface area contributed by atoms with Crippen LogP contribution in [0.25, 0.3) is 0 Å². The average Bonchev–Trinajstić information content (AvgIpc) is 3.01. The summed E-state index contributed by atoms with van der Waals surface area (Å²) in [5.41, 5.74) is 2.71. The molecule has 7 heteroatoms. The third-order valence-corrected chi connectivity index (χ3v) is 5.72. The number of anilines is 1. The molecule has 2 heterocycles. The Bertz CT molecular complexity index is 946. The summed E-state index contributed by atoms with van der Waals surface area (Å²) in [6.45, 7) is 1.28. The van der Waals surface area contributed by atoms with Gasteiger partial charge in [-0.3, -0.25) is 14.5 Å². The van der Waals surface area contributed by atoms with E-state index in [1.807, 2.05) is 12.1 Å². The first-order valence-electron chi connectivity index (χ1n) is 9.12. The summed E-state index contributed by atoms with van der Waals surface area (Å²) in [7, 11) is 3.22. The third-order valence-electron chi connectivity index (χ3n) is 5.40. The van der Waals surface area contributed by atoms with Crippen LogP contribution in [0.2, 0.25) is 5.02 Å². The molecule has 4 rings (SSSR count). The highest BCUT2D eigenvalue weighted by Gasteiger charge is 2.44. The molecule has 0 spiro atoms. The van der Waals surface area contributed by atoms with Gasteiger partial charge in [0.05, 0.1) is 37.4 Å². The Morgan fingerprint density at radius 3 is 2.39 bits per heavy atom. The van der Waals surface area contributed by atoms with Crippen molar-refractivity contribution < 1.29 is 19.1 Å². The molecule has 1 unspecified atom stereocenters. The SMILES string of the molecule is COc1cc2c(cc1OC)CN(C1CC(=O)N(c3ccccc3Cl)C1=O)CC2. The first-order valence-corrected chi connectivity index (χ1v) is 9.50. The van der Waals surface area contributed by atoms with Crippen molar-refractivity contribution in [2.75, 3.05) is 25.7 Å². The number of hydrogen-bond acceptors (Lipinski definition) is 5. The van der Waals surface area contributed by atoms with Crippen LogP contribution in [0.3, 0.4) is 0 Å². The van der Waals surface area contributed by atoms with Crippen LogP contribution in [-0.4, -0.2) is 43.5 Å². The number of halogens is 1. The first-order chi connectivity index (χ1) is 13.5. The summed E-state index contributed by atoms with van der Waals surface area (Å²) in [4.78, 5) is 28.9. The minimum Gasteiger partial charge on any atom is -0.493 e. The van der Waals surface area contributed by atoms with Crippen molar-refractivity contribution in [3.63, 3.8) is 0 Å². The van der Waals surface area contributed by atoms with E-state index in [0.29, 0.717) is 35.3 Å². The molecular formula is C21H21ClN2O4. The second-order valence-electron chi connectivity index (χ2n) is 6.94. The van der Waals surface area contributed by atoms with Gasteiger partial charge in [-0.2, -0.15) is 0 Å². The fourth-order valence-electron chi connectivity index (χ4n) is 3.96. The molecule has 2 aliphatic rings. The molecule has 0 aromatic heterocycles. The lowest BCUT2D eigenvalue weighted by Crippen LogP contribution is -2.44. The van der Waals surface area contributed by atoms with Gasteiger partial charge < -0.3 is 9.47 Å².